The number of methoxy groups -OCH3 is 2. The van der Waals surface area contributed by atoms with Gasteiger partial charge in [-0.25, -0.2) is 0 Å². The van der Waals surface area contributed by atoms with Crippen molar-refractivity contribution in [2.24, 2.45) is 0 Å². The summed E-state index contributed by atoms with van der Waals surface area (Å²) in [6.45, 7) is 0. The maximum absolute atomic E-state index is 9.24. The molecule has 3 rings (SSSR count). The molecule has 3 aromatic rings. The van der Waals surface area contributed by atoms with E-state index in [0.717, 1.165) is 28.1 Å². The van der Waals surface area contributed by atoms with Crippen molar-refractivity contribution in [2.75, 3.05) is 19.5 Å². The predicted molar refractivity (Wildman–Crippen MR) is 108 cm³/mol. The van der Waals surface area contributed by atoms with Crippen LogP contribution in [-0.2, 0) is 0 Å². The molecule has 1 N–H and O–H groups in total. The second-order valence-corrected chi connectivity index (χ2v) is 5.83. The molecule has 0 aliphatic carbocycles. The Balaban J connectivity index is 1.90. The second-order valence-electron chi connectivity index (χ2n) is 5.83. The van der Waals surface area contributed by atoms with Gasteiger partial charge < -0.3 is 14.8 Å². The average Bonchev–Trinajstić information content (AvgIpc) is 2.73. The van der Waals surface area contributed by atoms with E-state index in [1.807, 2.05) is 72.8 Å². The summed E-state index contributed by atoms with van der Waals surface area (Å²) in [5.74, 6) is 1.28. The number of nitrogens with zero attached hydrogens (tertiary/aromatic N) is 1. The van der Waals surface area contributed by atoms with Crippen LogP contribution < -0.4 is 14.8 Å². The van der Waals surface area contributed by atoms with Crippen molar-refractivity contribution >= 4 is 16.9 Å². The Morgan fingerprint density at radius 1 is 0.815 bits per heavy atom. The van der Waals surface area contributed by atoms with Crippen LogP contribution in [0.1, 0.15) is 11.1 Å². The van der Waals surface area contributed by atoms with Gasteiger partial charge in [0.2, 0.25) is 0 Å². The molecule has 3 aromatic carbocycles. The Labute approximate surface area is 159 Å². The van der Waals surface area contributed by atoms with Crippen LogP contribution in [0.3, 0.4) is 0 Å². The Kier molecular flexibility index (Phi) is 5.76. The molecule has 0 aromatic heterocycles. The van der Waals surface area contributed by atoms with Gasteiger partial charge in [-0.05, 0) is 53.1 Å². The van der Waals surface area contributed by atoms with Crippen LogP contribution in [0.2, 0.25) is 0 Å². The second kappa shape index (κ2) is 8.59. The molecule has 0 unspecified atom stereocenters. The molecule has 0 radical (unpaired) electrons. The molecule has 0 heterocycles. The maximum atomic E-state index is 9.24. The fraction of sp³-hybridized carbons (Fsp3) is 0.0870. The molecule has 0 spiro atoms. The first-order chi connectivity index (χ1) is 13.2. The van der Waals surface area contributed by atoms with Gasteiger partial charge in [-0.1, -0.05) is 36.4 Å². The van der Waals surface area contributed by atoms with E-state index in [-0.39, 0.29) is 0 Å². The van der Waals surface area contributed by atoms with E-state index >= 15 is 0 Å². The molecule has 4 heteroatoms. The van der Waals surface area contributed by atoms with Gasteiger partial charge in [0.15, 0.2) is 11.5 Å². The number of benzene rings is 3. The van der Waals surface area contributed by atoms with Crippen molar-refractivity contribution in [1.82, 2.24) is 0 Å². The molecule has 4 nitrogen and oxygen atoms in total. The van der Waals surface area contributed by atoms with E-state index in [4.69, 9.17) is 9.47 Å². The summed E-state index contributed by atoms with van der Waals surface area (Å²) in [4.78, 5) is 0. The highest BCUT2D eigenvalue weighted by molar-refractivity contribution is 5.83. The van der Waals surface area contributed by atoms with Gasteiger partial charge in [-0.3, -0.25) is 0 Å². The summed E-state index contributed by atoms with van der Waals surface area (Å²) in [5, 5.41) is 12.6. The van der Waals surface area contributed by atoms with Crippen LogP contribution in [0, 0.1) is 11.3 Å². The molecular weight excluding hydrogens is 336 g/mol. The Hall–Kier alpha value is -3.71. The number of rotatable bonds is 6. The van der Waals surface area contributed by atoms with E-state index in [1.54, 1.807) is 20.3 Å². The van der Waals surface area contributed by atoms with Crippen LogP contribution in [0.5, 0.6) is 11.5 Å². The summed E-state index contributed by atoms with van der Waals surface area (Å²) in [6, 6.07) is 25.7. The fourth-order valence-electron chi connectivity index (χ4n) is 2.82. The number of allylic oxidation sites excluding steroid dienone is 1. The van der Waals surface area contributed by atoms with Crippen molar-refractivity contribution < 1.29 is 9.47 Å². The molecular formula is C23H20N2O2. The number of anilines is 2. The van der Waals surface area contributed by atoms with Crippen molar-refractivity contribution in [3.8, 4) is 17.6 Å². The molecule has 0 amide bonds. The number of hydrogen-bond donors (Lipinski definition) is 1. The van der Waals surface area contributed by atoms with Gasteiger partial charge in [-0.2, -0.15) is 5.26 Å². The first kappa shape index (κ1) is 18.1. The zero-order valence-corrected chi connectivity index (χ0v) is 15.3. The molecule has 134 valence electrons. The normalized spacial score (nSPS) is 10.8. The van der Waals surface area contributed by atoms with Gasteiger partial charge in [-0.15, -0.1) is 0 Å². The van der Waals surface area contributed by atoms with Crippen LogP contribution in [0.25, 0.3) is 5.57 Å². The lowest BCUT2D eigenvalue weighted by Gasteiger charge is -2.13. The van der Waals surface area contributed by atoms with Gasteiger partial charge >= 0.3 is 0 Å². The zero-order chi connectivity index (χ0) is 19.1. The molecule has 0 atom stereocenters. The first-order valence-electron chi connectivity index (χ1n) is 8.50. The zero-order valence-electron chi connectivity index (χ0n) is 15.3. The monoisotopic (exact) mass is 356 g/mol. The van der Waals surface area contributed by atoms with Crippen molar-refractivity contribution in [1.29, 1.82) is 5.26 Å². The number of hydrogen-bond acceptors (Lipinski definition) is 4. The van der Waals surface area contributed by atoms with Crippen molar-refractivity contribution in [3.63, 3.8) is 0 Å². The number of para-hydroxylation sites is 1. The highest BCUT2D eigenvalue weighted by atomic mass is 16.5. The molecule has 0 aliphatic rings. The lowest BCUT2D eigenvalue weighted by Crippen LogP contribution is -1.94. The lowest BCUT2D eigenvalue weighted by atomic mass is 9.97. The molecule has 27 heavy (non-hydrogen) atoms. The smallest absolute Gasteiger partial charge is 0.161 e. The minimum absolute atomic E-state index is 0.626. The number of nitriles is 1. The van der Waals surface area contributed by atoms with Crippen molar-refractivity contribution in [3.05, 3.63) is 90.0 Å². The van der Waals surface area contributed by atoms with E-state index in [0.29, 0.717) is 11.5 Å². The molecule has 0 aliphatic heterocycles. The first-order valence-corrected chi connectivity index (χ1v) is 8.50. The highest BCUT2D eigenvalue weighted by Gasteiger charge is 2.10. The summed E-state index contributed by atoms with van der Waals surface area (Å²) < 4.78 is 10.7. The van der Waals surface area contributed by atoms with Crippen LogP contribution >= 0.6 is 0 Å². The standard InChI is InChI=1S/C23H20N2O2/c1-26-22-13-10-18(16-23(22)27-2)21(14-15-24)17-8-11-20(12-9-17)25-19-6-4-3-5-7-19/h3-14,16,25H,1-2H3/b21-14-. The van der Waals surface area contributed by atoms with E-state index in [9.17, 15) is 5.26 Å². The summed E-state index contributed by atoms with van der Waals surface area (Å²) >= 11 is 0. The maximum Gasteiger partial charge on any atom is 0.161 e. The minimum atomic E-state index is 0.626. The van der Waals surface area contributed by atoms with Crippen molar-refractivity contribution in [2.45, 2.75) is 0 Å². The number of nitrogens with one attached hydrogen (secondary N) is 1. The van der Waals surface area contributed by atoms with Crippen LogP contribution in [0.4, 0.5) is 11.4 Å². The van der Waals surface area contributed by atoms with Gasteiger partial charge in [0.05, 0.1) is 20.3 Å². The highest BCUT2D eigenvalue weighted by Crippen LogP contribution is 2.33. The third kappa shape index (κ3) is 4.28. The summed E-state index contributed by atoms with van der Waals surface area (Å²) in [7, 11) is 3.20. The summed E-state index contributed by atoms with van der Waals surface area (Å²) in [6.07, 6.45) is 1.54. The third-order valence-corrected chi connectivity index (χ3v) is 4.16. The molecule has 0 fully saturated rings. The largest absolute Gasteiger partial charge is 0.493 e. The Morgan fingerprint density at radius 2 is 1.44 bits per heavy atom. The fourth-order valence-corrected chi connectivity index (χ4v) is 2.82. The SMILES string of the molecule is COc1ccc(/C(=C\C#N)c2ccc(Nc3ccccc3)cc2)cc1OC. The average molecular weight is 356 g/mol. The molecule has 0 saturated heterocycles. The Morgan fingerprint density at radius 3 is 2.07 bits per heavy atom. The van der Waals surface area contributed by atoms with Gasteiger partial charge in [0.1, 0.15) is 0 Å². The Bertz CT molecular complexity index is 972. The minimum Gasteiger partial charge on any atom is -0.493 e. The number of ether oxygens (including phenoxy) is 2. The third-order valence-electron chi connectivity index (χ3n) is 4.16. The quantitative estimate of drug-likeness (QED) is 0.601. The lowest BCUT2D eigenvalue weighted by molar-refractivity contribution is 0.355. The topological polar surface area (TPSA) is 54.3 Å². The van der Waals surface area contributed by atoms with Gasteiger partial charge in [0, 0.05) is 17.5 Å². The molecule has 0 bridgehead atoms. The van der Waals surface area contributed by atoms with Crippen LogP contribution in [0.15, 0.2) is 78.9 Å². The van der Waals surface area contributed by atoms with Gasteiger partial charge in [0.25, 0.3) is 0 Å². The van der Waals surface area contributed by atoms with E-state index < -0.39 is 0 Å². The summed E-state index contributed by atoms with van der Waals surface area (Å²) in [5.41, 5.74) is 4.66. The van der Waals surface area contributed by atoms with E-state index in [2.05, 4.69) is 11.4 Å². The van der Waals surface area contributed by atoms with Crippen LogP contribution in [-0.4, -0.2) is 14.2 Å². The van der Waals surface area contributed by atoms with E-state index in [1.165, 1.54) is 0 Å². The predicted octanol–water partition coefficient (Wildman–Crippen LogP) is 5.40. The molecule has 0 saturated carbocycles.